The van der Waals surface area contributed by atoms with E-state index in [0.29, 0.717) is 13.0 Å². The Morgan fingerprint density at radius 2 is 2.00 bits per heavy atom. The smallest absolute Gasteiger partial charge is 0.410 e. The predicted octanol–water partition coefficient (Wildman–Crippen LogP) is 2.59. The van der Waals surface area contributed by atoms with Gasteiger partial charge >= 0.3 is 12.1 Å². The van der Waals surface area contributed by atoms with Crippen molar-refractivity contribution in [3.8, 4) is 0 Å². The first-order valence-electron chi connectivity index (χ1n) is 6.81. The Kier molecular flexibility index (Phi) is 5.20. The molecule has 0 saturated carbocycles. The van der Waals surface area contributed by atoms with Gasteiger partial charge in [0, 0.05) is 12.6 Å². The summed E-state index contributed by atoms with van der Waals surface area (Å²) in [6.07, 6.45) is 1.92. The van der Waals surface area contributed by atoms with E-state index in [0.717, 1.165) is 12.8 Å². The van der Waals surface area contributed by atoms with Gasteiger partial charge in [0.25, 0.3) is 0 Å². The third-order valence-electron chi connectivity index (χ3n) is 3.30. The van der Waals surface area contributed by atoms with Crippen molar-refractivity contribution in [3.05, 3.63) is 0 Å². The molecule has 19 heavy (non-hydrogen) atoms. The van der Waals surface area contributed by atoms with Crippen LogP contribution < -0.4 is 0 Å². The van der Waals surface area contributed by atoms with Crippen molar-refractivity contribution in [2.75, 3.05) is 13.7 Å². The number of rotatable bonds is 3. The summed E-state index contributed by atoms with van der Waals surface area (Å²) >= 11 is 0. The molecule has 1 aliphatic heterocycles. The van der Waals surface area contributed by atoms with Gasteiger partial charge in [0.2, 0.25) is 0 Å². The number of likely N-dealkylation sites (tertiary alicyclic amines) is 1. The number of carbonyl (C=O) groups excluding carboxylic acids is 2. The van der Waals surface area contributed by atoms with Crippen molar-refractivity contribution in [2.24, 2.45) is 5.92 Å². The van der Waals surface area contributed by atoms with Crippen LogP contribution >= 0.6 is 0 Å². The standard InChI is InChI=1S/C14H25NO4/c1-10(9-12(16)18-5)11-7-6-8-15(11)13(17)19-14(2,3)4/h10-11H,6-9H2,1-5H3/t10-,11-/m0/s1. The van der Waals surface area contributed by atoms with E-state index in [-0.39, 0.29) is 24.0 Å². The Bertz CT molecular complexity index is 335. The third kappa shape index (κ3) is 4.73. The normalized spacial score (nSPS) is 21.1. The van der Waals surface area contributed by atoms with Crippen LogP contribution in [0.1, 0.15) is 47.0 Å². The maximum atomic E-state index is 12.1. The molecule has 0 aromatic rings. The lowest BCUT2D eigenvalue weighted by atomic mass is 9.96. The second-order valence-electron chi connectivity index (χ2n) is 6.14. The van der Waals surface area contributed by atoms with Crippen LogP contribution in [0.25, 0.3) is 0 Å². The molecule has 0 aromatic heterocycles. The van der Waals surface area contributed by atoms with Crippen molar-refractivity contribution in [3.63, 3.8) is 0 Å². The molecule has 0 spiro atoms. The van der Waals surface area contributed by atoms with E-state index < -0.39 is 5.60 Å². The molecule has 1 amide bonds. The fraction of sp³-hybridized carbons (Fsp3) is 0.857. The molecule has 1 saturated heterocycles. The SMILES string of the molecule is COC(=O)C[C@H](C)[C@@H]1CCCN1C(=O)OC(C)(C)C. The van der Waals surface area contributed by atoms with Gasteiger partial charge in [-0.15, -0.1) is 0 Å². The first-order valence-corrected chi connectivity index (χ1v) is 6.81. The van der Waals surface area contributed by atoms with Crippen LogP contribution in [-0.2, 0) is 14.3 Å². The van der Waals surface area contributed by atoms with Gasteiger partial charge < -0.3 is 14.4 Å². The van der Waals surface area contributed by atoms with Crippen LogP contribution in [0.5, 0.6) is 0 Å². The van der Waals surface area contributed by atoms with Crippen LogP contribution in [0.4, 0.5) is 4.79 Å². The van der Waals surface area contributed by atoms with E-state index in [1.165, 1.54) is 7.11 Å². The molecule has 0 bridgehead atoms. The van der Waals surface area contributed by atoms with Gasteiger partial charge in [0.15, 0.2) is 0 Å². The molecule has 0 N–H and O–H groups in total. The van der Waals surface area contributed by atoms with Gasteiger partial charge in [0.1, 0.15) is 5.60 Å². The first kappa shape index (κ1) is 15.8. The van der Waals surface area contributed by atoms with Crippen molar-refractivity contribution in [2.45, 2.75) is 58.6 Å². The average molecular weight is 271 g/mol. The summed E-state index contributed by atoms with van der Waals surface area (Å²) in [7, 11) is 1.38. The van der Waals surface area contributed by atoms with E-state index in [9.17, 15) is 9.59 Å². The molecular weight excluding hydrogens is 246 g/mol. The molecule has 1 rings (SSSR count). The van der Waals surface area contributed by atoms with Crippen molar-refractivity contribution >= 4 is 12.1 Å². The van der Waals surface area contributed by atoms with Crippen molar-refractivity contribution in [1.29, 1.82) is 0 Å². The van der Waals surface area contributed by atoms with Crippen LogP contribution in [0.2, 0.25) is 0 Å². The summed E-state index contributed by atoms with van der Waals surface area (Å²) in [5.74, 6) is -0.147. The molecule has 0 aromatic carbocycles. The first-order chi connectivity index (χ1) is 8.74. The minimum Gasteiger partial charge on any atom is -0.469 e. The summed E-state index contributed by atoms with van der Waals surface area (Å²) < 4.78 is 10.1. The quantitative estimate of drug-likeness (QED) is 0.740. The number of carbonyl (C=O) groups is 2. The number of methoxy groups -OCH3 is 1. The molecule has 1 aliphatic rings. The van der Waals surface area contributed by atoms with E-state index >= 15 is 0 Å². The second-order valence-corrected chi connectivity index (χ2v) is 6.14. The predicted molar refractivity (Wildman–Crippen MR) is 71.8 cm³/mol. The van der Waals surface area contributed by atoms with Crippen LogP contribution in [0.3, 0.4) is 0 Å². The summed E-state index contributed by atoms with van der Waals surface area (Å²) in [5.41, 5.74) is -0.490. The summed E-state index contributed by atoms with van der Waals surface area (Å²) in [6, 6.07) is 0.0638. The Morgan fingerprint density at radius 1 is 1.37 bits per heavy atom. The molecule has 0 radical (unpaired) electrons. The molecule has 0 aliphatic carbocycles. The van der Waals surface area contributed by atoms with Gasteiger partial charge in [-0.2, -0.15) is 0 Å². The molecule has 110 valence electrons. The molecule has 2 atom stereocenters. The van der Waals surface area contributed by atoms with Gasteiger partial charge in [0.05, 0.1) is 13.5 Å². The number of amides is 1. The highest BCUT2D eigenvalue weighted by atomic mass is 16.6. The number of ether oxygens (including phenoxy) is 2. The summed E-state index contributed by atoms with van der Waals surface area (Å²) in [4.78, 5) is 25.2. The number of esters is 1. The van der Waals surface area contributed by atoms with E-state index in [4.69, 9.17) is 4.74 Å². The van der Waals surface area contributed by atoms with Gasteiger partial charge in [-0.3, -0.25) is 4.79 Å². The van der Waals surface area contributed by atoms with Crippen LogP contribution in [0.15, 0.2) is 0 Å². The van der Waals surface area contributed by atoms with Crippen LogP contribution in [0, 0.1) is 5.92 Å². The number of nitrogens with zero attached hydrogens (tertiary/aromatic N) is 1. The maximum absolute atomic E-state index is 12.1. The lowest BCUT2D eigenvalue weighted by Crippen LogP contribution is -2.42. The van der Waals surface area contributed by atoms with Crippen molar-refractivity contribution < 1.29 is 19.1 Å². The Balaban J connectivity index is 2.63. The van der Waals surface area contributed by atoms with Crippen LogP contribution in [-0.4, -0.2) is 42.3 Å². The summed E-state index contributed by atoms with van der Waals surface area (Å²) in [6.45, 7) is 8.24. The molecule has 5 nitrogen and oxygen atoms in total. The van der Waals surface area contributed by atoms with Crippen molar-refractivity contribution in [1.82, 2.24) is 4.90 Å². The van der Waals surface area contributed by atoms with E-state index in [1.54, 1.807) is 4.90 Å². The zero-order valence-corrected chi connectivity index (χ0v) is 12.6. The fourth-order valence-corrected chi connectivity index (χ4v) is 2.41. The second kappa shape index (κ2) is 6.26. The lowest BCUT2D eigenvalue weighted by molar-refractivity contribution is -0.142. The van der Waals surface area contributed by atoms with Gasteiger partial charge in [-0.05, 0) is 39.5 Å². The summed E-state index contributed by atoms with van der Waals surface area (Å²) in [5, 5.41) is 0. The van der Waals surface area contributed by atoms with E-state index in [1.807, 2.05) is 27.7 Å². The average Bonchev–Trinajstić information content (AvgIpc) is 2.75. The lowest BCUT2D eigenvalue weighted by Gasteiger charge is -2.31. The minimum absolute atomic E-state index is 0.0638. The largest absolute Gasteiger partial charge is 0.469 e. The Labute approximate surface area is 115 Å². The third-order valence-corrected chi connectivity index (χ3v) is 3.30. The number of hydrogen-bond donors (Lipinski definition) is 0. The van der Waals surface area contributed by atoms with Gasteiger partial charge in [-0.25, -0.2) is 4.79 Å². The zero-order valence-electron chi connectivity index (χ0n) is 12.6. The highest BCUT2D eigenvalue weighted by molar-refractivity contribution is 5.71. The Morgan fingerprint density at radius 3 is 2.53 bits per heavy atom. The number of hydrogen-bond acceptors (Lipinski definition) is 4. The molecule has 0 unspecified atom stereocenters. The highest BCUT2D eigenvalue weighted by Crippen LogP contribution is 2.27. The molecule has 1 heterocycles. The maximum Gasteiger partial charge on any atom is 0.410 e. The van der Waals surface area contributed by atoms with Gasteiger partial charge in [-0.1, -0.05) is 6.92 Å². The Hall–Kier alpha value is -1.26. The monoisotopic (exact) mass is 271 g/mol. The molecular formula is C14H25NO4. The fourth-order valence-electron chi connectivity index (χ4n) is 2.41. The molecule has 5 heteroatoms. The highest BCUT2D eigenvalue weighted by Gasteiger charge is 2.35. The molecule has 1 fully saturated rings. The van der Waals surface area contributed by atoms with E-state index in [2.05, 4.69) is 4.74 Å². The zero-order chi connectivity index (χ0) is 14.6. The minimum atomic E-state index is -0.490. The topological polar surface area (TPSA) is 55.8 Å².